The quantitative estimate of drug-likeness (QED) is 0.736. The van der Waals surface area contributed by atoms with Crippen molar-refractivity contribution in [3.63, 3.8) is 0 Å². The number of aromatic nitrogens is 5. The Morgan fingerprint density at radius 3 is 2.81 bits per heavy atom. The van der Waals surface area contributed by atoms with Gasteiger partial charge in [-0.2, -0.15) is 15.0 Å². The molecule has 21 heavy (non-hydrogen) atoms. The fourth-order valence-electron chi connectivity index (χ4n) is 1.87. The first kappa shape index (κ1) is 13.6. The average molecular weight is 305 g/mol. The van der Waals surface area contributed by atoms with E-state index in [-0.39, 0.29) is 5.28 Å². The first-order valence-electron chi connectivity index (χ1n) is 6.28. The van der Waals surface area contributed by atoms with Crippen molar-refractivity contribution >= 4 is 17.5 Å². The van der Waals surface area contributed by atoms with Gasteiger partial charge in [0.15, 0.2) is 0 Å². The van der Waals surface area contributed by atoms with Gasteiger partial charge in [0, 0.05) is 19.4 Å². The smallest absolute Gasteiger partial charge is 0.241 e. The molecule has 3 aromatic heterocycles. The summed E-state index contributed by atoms with van der Waals surface area (Å²) in [6, 6.07) is 3.84. The van der Waals surface area contributed by atoms with E-state index >= 15 is 0 Å². The van der Waals surface area contributed by atoms with E-state index in [1.807, 2.05) is 31.0 Å². The molecule has 0 aromatic carbocycles. The number of rotatable bonds is 4. The molecule has 0 aliphatic heterocycles. The van der Waals surface area contributed by atoms with E-state index in [1.165, 1.54) is 0 Å². The zero-order valence-electron chi connectivity index (χ0n) is 11.6. The maximum atomic E-state index is 5.97. The number of imidazole rings is 1. The van der Waals surface area contributed by atoms with Crippen molar-refractivity contribution in [3.8, 4) is 5.95 Å². The lowest BCUT2D eigenvalue weighted by Gasteiger charge is -2.16. The van der Waals surface area contributed by atoms with E-state index < -0.39 is 0 Å². The zero-order valence-corrected chi connectivity index (χ0v) is 12.3. The van der Waals surface area contributed by atoms with Crippen LogP contribution in [-0.2, 0) is 6.54 Å². The van der Waals surface area contributed by atoms with Crippen LogP contribution in [-0.4, -0.2) is 31.6 Å². The van der Waals surface area contributed by atoms with E-state index in [4.69, 9.17) is 16.0 Å². The number of anilines is 1. The third kappa shape index (κ3) is 3.03. The molecule has 0 amide bonds. The second-order valence-corrected chi connectivity index (χ2v) is 4.88. The summed E-state index contributed by atoms with van der Waals surface area (Å²) in [7, 11) is 1.86. The monoisotopic (exact) mass is 304 g/mol. The summed E-state index contributed by atoms with van der Waals surface area (Å²) in [5.74, 6) is 2.58. The van der Waals surface area contributed by atoms with Gasteiger partial charge in [-0.25, -0.2) is 4.98 Å². The molecule has 3 heterocycles. The summed E-state index contributed by atoms with van der Waals surface area (Å²) in [4.78, 5) is 18.4. The molecule has 0 N–H and O–H groups in total. The molecule has 7 nitrogen and oxygen atoms in total. The number of furan rings is 1. The Morgan fingerprint density at radius 1 is 1.29 bits per heavy atom. The third-order valence-electron chi connectivity index (χ3n) is 2.85. The van der Waals surface area contributed by atoms with Crippen LogP contribution in [0, 0.1) is 6.92 Å². The molecule has 0 atom stereocenters. The number of hydrogen-bond acceptors (Lipinski definition) is 6. The normalized spacial score (nSPS) is 10.8. The van der Waals surface area contributed by atoms with Crippen LogP contribution in [0.5, 0.6) is 0 Å². The molecule has 0 aliphatic carbocycles. The lowest BCUT2D eigenvalue weighted by molar-refractivity contribution is 0.480. The van der Waals surface area contributed by atoms with Crippen molar-refractivity contribution in [2.75, 3.05) is 11.9 Å². The van der Waals surface area contributed by atoms with Gasteiger partial charge in [0.25, 0.3) is 0 Å². The maximum absolute atomic E-state index is 5.97. The van der Waals surface area contributed by atoms with Crippen LogP contribution in [0.15, 0.2) is 35.3 Å². The highest BCUT2D eigenvalue weighted by atomic mass is 35.5. The van der Waals surface area contributed by atoms with Crippen LogP contribution >= 0.6 is 11.6 Å². The largest absolute Gasteiger partial charge is 0.464 e. The van der Waals surface area contributed by atoms with Gasteiger partial charge in [-0.05, 0) is 30.7 Å². The van der Waals surface area contributed by atoms with E-state index in [0.717, 1.165) is 11.5 Å². The van der Waals surface area contributed by atoms with Crippen LogP contribution in [0.1, 0.15) is 11.5 Å². The topological polar surface area (TPSA) is 72.9 Å². The summed E-state index contributed by atoms with van der Waals surface area (Å²) in [5, 5.41) is 0.131. The Balaban J connectivity index is 1.87. The summed E-state index contributed by atoms with van der Waals surface area (Å²) < 4.78 is 7.22. The molecular weight excluding hydrogens is 292 g/mol. The minimum atomic E-state index is 0.131. The summed E-state index contributed by atoms with van der Waals surface area (Å²) in [5.41, 5.74) is 0. The molecule has 108 valence electrons. The van der Waals surface area contributed by atoms with Crippen molar-refractivity contribution in [2.24, 2.45) is 0 Å². The van der Waals surface area contributed by atoms with Gasteiger partial charge in [-0.1, -0.05) is 0 Å². The highest BCUT2D eigenvalue weighted by Crippen LogP contribution is 2.16. The Hall–Kier alpha value is -2.41. The highest BCUT2D eigenvalue weighted by molar-refractivity contribution is 6.28. The second-order valence-electron chi connectivity index (χ2n) is 4.54. The summed E-state index contributed by atoms with van der Waals surface area (Å²) in [6.45, 7) is 2.44. The minimum absolute atomic E-state index is 0.131. The fourth-order valence-corrected chi connectivity index (χ4v) is 2.02. The number of nitrogens with zero attached hydrogens (tertiary/aromatic N) is 6. The second kappa shape index (κ2) is 5.53. The molecule has 3 aromatic rings. The Bertz CT molecular complexity index is 739. The van der Waals surface area contributed by atoms with E-state index in [9.17, 15) is 0 Å². The summed E-state index contributed by atoms with van der Waals surface area (Å²) >= 11 is 5.97. The Kier molecular flexibility index (Phi) is 3.57. The van der Waals surface area contributed by atoms with E-state index in [0.29, 0.717) is 18.4 Å². The lowest BCUT2D eigenvalue weighted by Crippen LogP contribution is -2.20. The first-order valence-corrected chi connectivity index (χ1v) is 6.66. The van der Waals surface area contributed by atoms with E-state index in [1.54, 1.807) is 23.3 Å². The molecule has 0 unspecified atom stereocenters. The van der Waals surface area contributed by atoms with Gasteiger partial charge < -0.3 is 9.32 Å². The molecule has 0 saturated heterocycles. The molecule has 0 aliphatic rings. The van der Waals surface area contributed by atoms with E-state index in [2.05, 4.69) is 19.9 Å². The number of aryl methyl sites for hydroxylation is 1. The van der Waals surface area contributed by atoms with Gasteiger partial charge in [-0.15, -0.1) is 0 Å². The molecule has 8 heteroatoms. The molecule has 3 rings (SSSR count). The van der Waals surface area contributed by atoms with Crippen LogP contribution in [0.25, 0.3) is 5.95 Å². The van der Waals surface area contributed by atoms with Gasteiger partial charge in [0.1, 0.15) is 17.8 Å². The van der Waals surface area contributed by atoms with Crippen LogP contribution in [0.2, 0.25) is 5.28 Å². The first-order chi connectivity index (χ1) is 10.1. The lowest BCUT2D eigenvalue weighted by atomic mass is 10.4. The molecule has 0 radical (unpaired) electrons. The predicted molar refractivity (Wildman–Crippen MR) is 77.5 cm³/mol. The minimum Gasteiger partial charge on any atom is -0.464 e. The number of hydrogen-bond donors (Lipinski definition) is 0. The molecule has 0 fully saturated rings. The Morgan fingerprint density at radius 2 is 2.14 bits per heavy atom. The third-order valence-corrected chi connectivity index (χ3v) is 3.02. The van der Waals surface area contributed by atoms with Crippen LogP contribution in [0.3, 0.4) is 0 Å². The van der Waals surface area contributed by atoms with Crippen molar-refractivity contribution in [1.29, 1.82) is 0 Å². The van der Waals surface area contributed by atoms with Gasteiger partial charge >= 0.3 is 0 Å². The average Bonchev–Trinajstić information content (AvgIpc) is 3.10. The molecule has 0 bridgehead atoms. The van der Waals surface area contributed by atoms with Crippen molar-refractivity contribution in [1.82, 2.24) is 24.5 Å². The van der Waals surface area contributed by atoms with Crippen LogP contribution in [0.4, 0.5) is 5.95 Å². The van der Waals surface area contributed by atoms with Crippen molar-refractivity contribution in [3.05, 3.63) is 47.7 Å². The molecule has 0 saturated carbocycles. The zero-order chi connectivity index (χ0) is 14.8. The maximum Gasteiger partial charge on any atom is 0.241 e. The van der Waals surface area contributed by atoms with Crippen LogP contribution < -0.4 is 4.90 Å². The fraction of sp³-hybridized carbons (Fsp3) is 0.231. The Labute approximate surface area is 126 Å². The number of halogens is 1. The summed E-state index contributed by atoms with van der Waals surface area (Å²) in [6.07, 6.45) is 4.99. The molecular formula is C13H13ClN6O. The SMILES string of the molecule is Cc1ccc(CN(C)c2nc(Cl)nc(-n3ccnc3)n2)o1. The van der Waals surface area contributed by atoms with Crippen molar-refractivity contribution in [2.45, 2.75) is 13.5 Å². The standard InChI is InChI=1S/C13H13ClN6O/c1-9-3-4-10(21-9)7-19(2)12-16-11(14)17-13(18-12)20-6-5-15-8-20/h3-6,8H,7H2,1-2H3. The highest BCUT2D eigenvalue weighted by Gasteiger charge is 2.12. The van der Waals surface area contributed by atoms with Crippen molar-refractivity contribution < 1.29 is 4.42 Å². The molecule has 0 spiro atoms. The van der Waals surface area contributed by atoms with Gasteiger partial charge in [0.05, 0.1) is 6.54 Å². The predicted octanol–water partition coefficient (Wildman–Crippen LogP) is 2.25. The van der Waals surface area contributed by atoms with Gasteiger partial charge in [-0.3, -0.25) is 4.57 Å². The van der Waals surface area contributed by atoms with Gasteiger partial charge in [0.2, 0.25) is 17.2 Å².